The maximum Gasteiger partial charge on any atom is 0.408 e. The number of thiol groups is 1. The number of alkyl carbamates (subject to hydrolysis) is 1. The van der Waals surface area contributed by atoms with Crippen LogP contribution in [0, 0.1) is 6.92 Å². The number of benzene rings is 1. The number of carbonyl (C=O) groups is 3. The van der Waals surface area contributed by atoms with Crippen molar-refractivity contribution >= 4 is 30.5 Å². The molecule has 9 heteroatoms. The quantitative estimate of drug-likeness (QED) is 0.332. The highest BCUT2D eigenvalue weighted by Crippen LogP contribution is 2.37. The zero-order valence-corrected chi connectivity index (χ0v) is 24.3. The number of nitrogens with zero attached hydrogens (tertiary/aromatic N) is 1. The summed E-state index contributed by atoms with van der Waals surface area (Å²) in [5.74, 6) is -0.848. The monoisotopic (exact) mass is 535 g/mol. The van der Waals surface area contributed by atoms with Crippen LogP contribution in [0.25, 0.3) is 0 Å². The summed E-state index contributed by atoms with van der Waals surface area (Å²) in [6.45, 7) is 12.7. The number of amides is 3. The minimum absolute atomic E-state index is 0.00509. The summed E-state index contributed by atoms with van der Waals surface area (Å²) in [4.78, 5) is 42.1. The number of aryl methyl sites for hydroxylation is 1. The predicted molar refractivity (Wildman–Crippen MR) is 149 cm³/mol. The number of para-hydroxylation sites is 1. The lowest BCUT2D eigenvalue weighted by molar-refractivity contribution is -0.149. The zero-order chi connectivity index (χ0) is 28.0. The molecule has 0 heterocycles. The van der Waals surface area contributed by atoms with E-state index in [1.807, 2.05) is 20.8 Å². The van der Waals surface area contributed by atoms with E-state index in [0.29, 0.717) is 17.5 Å². The van der Waals surface area contributed by atoms with Crippen LogP contribution in [0.15, 0.2) is 18.2 Å². The van der Waals surface area contributed by atoms with Crippen LogP contribution in [0.3, 0.4) is 0 Å². The van der Waals surface area contributed by atoms with Crippen LogP contribution in [0.2, 0.25) is 0 Å². The molecule has 3 amide bonds. The van der Waals surface area contributed by atoms with Crippen molar-refractivity contribution in [1.82, 2.24) is 15.5 Å². The highest BCUT2D eigenvalue weighted by atomic mass is 32.1. The van der Waals surface area contributed by atoms with Gasteiger partial charge in [0.1, 0.15) is 23.4 Å². The van der Waals surface area contributed by atoms with Gasteiger partial charge in [-0.25, -0.2) is 4.79 Å². The van der Waals surface area contributed by atoms with E-state index in [2.05, 4.69) is 23.3 Å². The highest BCUT2D eigenvalue weighted by Gasteiger charge is 2.44. The van der Waals surface area contributed by atoms with Gasteiger partial charge in [-0.3, -0.25) is 9.59 Å². The Hall–Kier alpha value is -2.42. The summed E-state index contributed by atoms with van der Waals surface area (Å²) in [7, 11) is 0. The second-order valence-corrected chi connectivity index (χ2v) is 11.9. The van der Waals surface area contributed by atoms with Crippen LogP contribution in [0.4, 0.5) is 4.79 Å². The van der Waals surface area contributed by atoms with Crippen LogP contribution in [-0.4, -0.2) is 56.9 Å². The van der Waals surface area contributed by atoms with Gasteiger partial charge in [0.05, 0.1) is 0 Å². The number of ether oxygens (including phenoxy) is 1. The van der Waals surface area contributed by atoms with Crippen molar-refractivity contribution in [3.8, 4) is 5.75 Å². The largest absolute Gasteiger partial charge is 0.507 e. The van der Waals surface area contributed by atoms with Gasteiger partial charge in [-0.05, 0) is 66.4 Å². The van der Waals surface area contributed by atoms with Gasteiger partial charge in [0.25, 0.3) is 0 Å². The number of aromatic hydroxyl groups is 1. The summed E-state index contributed by atoms with van der Waals surface area (Å²) < 4.78 is 5.37. The standard InChI is InChI=1S/C28H45N3O5S/c1-8-28(6,7)31(25(34)21(17-37)30-26(35)36-27(3,4)5)22(20-16-12-13-18(2)23(20)32)24(33)29-19-14-10-9-11-15-19/h12-13,16,19,21-22,32,37H,8-11,14-15,17H2,1-7H3,(H,29,33)(H,30,35). The molecule has 8 nitrogen and oxygen atoms in total. The van der Waals surface area contributed by atoms with E-state index in [-0.39, 0.29) is 23.5 Å². The summed E-state index contributed by atoms with van der Waals surface area (Å²) in [5, 5.41) is 16.8. The summed E-state index contributed by atoms with van der Waals surface area (Å²) in [6.07, 6.45) is 4.76. The summed E-state index contributed by atoms with van der Waals surface area (Å²) in [5.41, 5.74) is -0.587. The minimum Gasteiger partial charge on any atom is -0.507 e. The lowest BCUT2D eigenvalue weighted by Crippen LogP contribution is -2.60. The van der Waals surface area contributed by atoms with Crippen molar-refractivity contribution in [3.63, 3.8) is 0 Å². The first-order valence-corrected chi connectivity index (χ1v) is 13.9. The molecule has 0 bridgehead atoms. The van der Waals surface area contributed by atoms with Gasteiger partial charge in [0.15, 0.2) is 0 Å². The third kappa shape index (κ3) is 8.28. The van der Waals surface area contributed by atoms with Crippen LogP contribution < -0.4 is 10.6 Å². The van der Waals surface area contributed by atoms with Gasteiger partial charge >= 0.3 is 6.09 Å². The van der Waals surface area contributed by atoms with E-state index >= 15 is 0 Å². The summed E-state index contributed by atoms with van der Waals surface area (Å²) in [6, 6.07) is 3.07. The van der Waals surface area contributed by atoms with Gasteiger partial charge in [-0.2, -0.15) is 12.6 Å². The van der Waals surface area contributed by atoms with Crippen molar-refractivity contribution < 1.29 is 24.2 Å². The molecule has 0 aliphatic heterocycles. The third-order valence-corrected chi connectivity index (χ3v) is 7.31. The molecule has 1 aliphatic carbocycles. The minimum atomic E-state index is -1.10. The van der Waals surface area contributed by atoms with Crippen molar-refractivity contribution in [3.05, 3.63) is 29.3 Å². The predicted octanol–water partition coefficient (Wildman–Crippen LogP) is 5.03. The lowest BCUT2D eigenvalue weighted by atomic mass is 9.90. The topological polar surface area (TPSA) is 108 Å². The van der Waals surface area contributed by atoms with E-state index in [1.165, 1.54) is 4.90 Å². The highest BCUT2D eigenvalue weighted by molar-refractivity contribution is 7.80. The number of carbonyl (C=O) groups excluding carboxylic acids is 3. The molecule has 1 aromatic carbocycles. The average Bonchev–Trinajstić information content (AvgIpc) is 2.82. The van der Waals surface area contributed by atoms with Crippen molar-refractivity contribution in [2.75, 3.05) is 5.75 Å². The number of phenols is 1. The molecule has 0 saturated heterocycles. The molecule has 1 fully saturated rings. The molecule has 1 aromatic rings. The molecule has 1 aliphatic rings. The van der Waals surface area contributed by atoms with Gasteiger partial charge < -0.3 is 25.4 Å². The Bertz CT molecular complexity index is 954. The number of rotatable bonds is 9. The Labute approximate surface area is 227 Å². The molecule has 2 rings (SSSR count). The maximum absolute atomic E-state index is 14.1. The fraction of sp³-hybridized carbons (Fsp3) is 0.679. The molecule has 208 valence electrons. The average molecular weight is 536 g/mol. The Balaban J connectivity index is 2.56. The van der Waals surface area contributed by atoms with Gasteiger partial charge in [-0.15, -0.1) is 0 Å². The van der Waals surface area contributed by atoms with E-state index < -0.39 is 35.2 Å². The van der Waals surface area contributed by atoms with Crippen LogP contribution in [0.1, 0.15) is 97.2 Å². The molecule has 0 aromatic heterocycles. The first kappa shape index (κ1) is 30.8. The first-order chi connectivity index (χ1) is 17.2. The third-order valence-electron chi connectivity index (χ3n) is 6.95. The fourth-order valence-electron chi connectivity index (χ4n) is 4.58. The number of nitrogens with one attached hydrogen (secondary N) is 2. The van der Waals surface area contributed by atoms with Gasteiger partial charge in [0, 0.05) is 22.9 Å². The smallest absolute Gasteiger partial charge is 0.408 e. The Kier molecular flexibility index (Phi) is 10.7. The number of phenolic OH excluding ortho intramolecular Hbond substituents is 1. The molecule has 2 atom stereocenters. The van der Waals surface area contributed by atoms with Crippen molar-refractivity contribution in [1.29, 1.82) is 0 Å². The molecule has 3 N–H and O–H groups in total. The van der Waals surface area contributed by atoms with Crippen molar-refractivity contribution in [2.45, 2.75) is 116 Å². The number of hydrogen-bond donors (Lipinski definition) is 4. The maximum atomic E-state index is 14.1. The Morgan fingerprint density at radius 3 is 2.30 bits per heavy atom. The van der Waals surface area contributed by atoms with E-state index in [9.17, 15) is 19.5 Å². The van der Waals surface area contributed by atoms with Crippen LogP contribution >= 0.6 is 12.6 Å². The zero-order valence-electron chi connectivity index (χ0n) is 23.4. The van der Waals surface area contributed by atoms with Crippen LogP contribution in [-0.2, 0) is 14.3 Å². The van der Waals surface area contributed by atoms with Gasteiger partial charge in [-0.1, -0.05) is 44.4 Å². The number of hydrogen-bond acceptors (Lipinski definition) is 6. The molecular weight excluding hydrogens is 490 g/mol. The molecule has 1 saturated carbocycles. The fourth-order valence-corrected chi connectivity index (χ4v) is 4.82. The normalized spacial score (nSPS) is 16.4. The van der Waals surface area contributed by atoms with E-state index in [1.54, 1.807) is 45.9 Å². The van der Waals surface area contributed by atoms with E-state index in [4.69, 9.17) is 4.74 Å². The lowest BCUT2D eigenvalue weighted by Gasteiger charge is -2.45. The molecular formula is C28H45N3O5S. The Morgan fingerprint density at radius 1 is 1.14 bits per heavy atom. The molecule has 2 unspecified atom stereocenters. The SMILES string of the molecule is CCC(C)(C)N(C(=O)C(CS)NC(=O)OC(C)(C)C)C(C(=O)NC1CCCCC1)c1cccc(C)c1O. The second kappa shape index (κ2) is 12.9. The molecule has 37 heavy (non-hydrogen) atoms. The molecule has 0 radical (unpaired) electrons. The second-order valence-electron chi connectivity index (χ2n) is 11.5. The van der Waals surface area contributed by atoms with Crippen molar-refractivity contribution in [2.24, 2.45) is 0 Å². The Morgan fingerprint density at radius 2 is 1.76 bits per heavy atom. The summed E-state index contributed by atoms with van der Waals surface area (Å²) >= 11 is 4.34. The first-order valence-electron chi connectivity index (χ1n) is 13.2. The molecule has 0 spiro atoms. The van der Waals surface area contributed by atoms with E-state index in [0.717, 1.165) is 32.1 Å². The van der Waals surface area contributed by atoms with Gasteiger partial charge in [0.2, 0.25) is 11.8 Å². The van der Waals surface area contributed by atoms with Crippen LogP contribution in [0.5, 0.6) is 5.75 Å².